The van der Waals surface area contributed by atoms with Crippen molar-refractivity contribution >= 4 is 40.0 Å². The Kier molecular flexibility index (Phi) is 5.16. The number of halogens is 2. The summed E-state index contributed by atoms with van der Waals surface area (Å²) in [5.74, 6) is -0.0883. The van der Waals surface area contributed by atoms with Gasteiger partial charge in [0.1, 0.15) is 5.69 Å². The van der Waals surface area contributed by atoms with E-state index in [9.17, 15) is 4.79 Å². The van der Waals surface area contributed by atoms with E-state index in [1.165, 1.54) is 0 Å². The Bertz CT molecular complexity index is 946. The molecule has 3 aromatic rings. The van der Waals surface area contributed by atoms with Crippen molar-refractivity contribution in [3.05, 3.63) is 82.5 Å². The molecule has 5 heteroatoms. The Morgan fingerprint density at radius 2 is 1.88 bits per heavy atom. The van der Waals surface area contributed by atoms with Gasteiger partial charge in [0.15, 0.2) is 0 Å². The molecule has 0 unspecified atom stereocenters. The number of aryl methyl sites for hydroxylation is 1. The minimum atomic E-state index is -0.0883. The van der Waals surface area contributed by atoms with Gasteiger partial charge in [-0.15, -0.1) is 6.58 Å². The van der Waals surface area contributed by atoms with Crippen molar-refractivity contribution in [1.29, 1.82) is 0 Å². The SMILES string of the molecule is C=CCN(Cc1ccccc1Cl)C(=O)c1cc2c(Cl)cccc2n1C. The first-order chi connectivity index (χ1) is 12.0. The van der Waals surface area contributed by atoms with E-state index in [0.29, 0.717) is 28.8 Å². The lowest BCUT2D eigenvalue weighted by atomic mass is 10.2. The highest BCUT2D eigenvalue weighted by Crippen LogP contribution is 2.27. The predicted octanol–water partition coefficient (Wildman–Crippen LogP) is 5.31. The molecule has 0 aliphatic heterocycles. The standard InChI is InChI=1S/C20H18Cl2N2O/c1-3-11-24(13-14-7-4-5-8-16(14)21)20(25)19-12-15-17(22)9-6-10-18(15)23(19)2/h3-10,12H,1,11,13H2,2H3. The van der Waals surface area contributed by atoms with Crippen LogP contribution in [0.25, 0.3) is 10.9 Å². The third kappa shape index (κ3) is 3.44. The second-order valence-electron chi connectivity index (χ2n) is 5.83. The summed E-state index contributed by atoms with van der Waals surface area (Å²) in [5.41, 5.74) is 2.40. The monoisotopic (exact) mass is 372 g/mol. The van der Waals surface area contributed by atoms with Crippen LogP contribution in [0.3, 0.4) is 0 Å². The number of nitrogens with zero attached hydrogens (tertiary/aromatic N) is 2. The van der Waals surface area contributed by atoms with Crippen LogP contribution in [0, 0.1) is 0 Å². The number of benzene rings is 2. The van der Waals surface area contributed by atoms with Gasteiger partial charge in [-0.25, -0.2) is 0 Å². The maximum Gasteiger partial charge on any atom is 0.271 e. The van der Waals surface area contributed by atoms with Gasteiger partial charge < -0.3 is 9.47 Å². The minimum absolute atomic E-state index is 0.0883. The fraction of sp³-hybridized carbons (Fsp3) is 0.150. The second-order valence-corrected chi connectivity index (χ2v) is 6.64. The molecule has 0 saturated carbocycles. The Labute approximate surface area is 157 Å². The molecule has 0 fully saturated rings. The zero-order chi connectivity index (χ0) is 18.0. The van der Waals surface area contributed by atoms with Gasteiger partial charge >= 0.3 is 0 Å². The van der Waals surface area contributed by atoms with E-state index in [4.69, 9.17) is 23.2 Å². The van der Waals surface area contributed by atoms with Gasteiger partial charge in [-0.05, 0) is 29.8 Å². The molecule has 0 spiro atoms. The molecule has 128 valence electrons. The van der Waals surface area contributed by atoms with E-state index in [1.54, 1.807) is 11.0 Å². The molecular formula is C20H18Cl2N2O. The molecule has 1 heterocycles. The predicted molar refractivity (Wildman–Crippen MR) is 104 cm³/mol. The third-order valence-corrected chi connectivity index (χ3v) is 4.91. The summed E-state index contributed by atoms with van der Waals surface area (Å²) in [7, 11) is 1.87. The number of fused-ring (bicyclic) bond motifs is 1. The summed E-state index contributed by atoms with van der Waals surface area (Å²) in [6, 6.07) is 15.0. The van der Waals surface area contributed by atoms with Gasteiger partial charge in [-0.2, -0.15) is 0 Å². The number of hydrogen-bond donors (Lipinski definition) is 0. The first-order valence-corrected chi connectivity index (χ1v) is 8.66. The highest BCUT2D eigenvalue weighted by Gasteiger charge is 2.21. The van der Waals surface area contributed by atoms with Crippen LogP contribution in [0.5, 0.6) is 0 Å². The molecule has 3 nitrogen and oxygen atoms in total. The van der Waals surface area contributed by atoms with Crippen LogP contribution in [0.1, 0.15) is 16.1 Å². The number of aromatic nitrogens is 1. The topological polar surface area (TPSA) is 25.2 Å². The van der Waals surface area contributed by atoms with Crippen molar-refractivity contribution in [2.75, 3.05) is 6.54 Å². The summed E-state index contributed by atoms with van der Waals surface area (Å²) >= 11 is 12.5. The summed E-state index contributed by atoms with van der Waals surface area (Å²) in [6.45, 7) is 4.61. The van der Waals surface area contributed by atoms with E-state index < -0.39 is 0 Å². The number of carbonyl (C=O) groups excluding carboxylic acids is 1. The van der Waals surface area contributed by atoms with Crippen LogP contribution < -0.4 is 0 Å². The third-order valence-electron chi connectivity index (χ3n) is 4.21. The van der Waals surface area contributed by atoms with Gasteiger partial charge in [0.05, 0.1) is 0 Å². The maximum atomic E-state index is 13.1. The molecule has 0 bridgehead atoms. The lowest BCUT2D eigenvalue weighted by molar-refractivity contribution is 0.0753. The quantitative estimate of drug-likeness (QED) is 0.556. The largest absolute Gasteiger partial charge is 0.340 e. The molecular weight excluding hydrogens is 355 g/mol. The number of rotatable bonds is 5. The first kappa shape index (κ1) is 17.6. The fourth-order valence-electron chi connectivity index (χ4n) is 2.90. The highest BCUT2D eigenvalue weighted by atomic mass is 35.5. The van der Waals surface area contributed by atoms with E-state index >= 15 is 0 Å². The molecule has 0 radical (unpaired) electrons. The minimum Gasteiger partial charge on any atom is -0.340 e. The Morgan fingerprint density at radius 1 is 1.16 bits per heavy atom. The highest BCUT2D eigenvalue weighted by molar-refractivity contribution is 6.35. The van der Waals surface area contributed by atoms with Gasteiger partial charge in [0.2, 0.25) is 0 Å². The summed E-state index contributed by atoms with van der Waals surface area (Å²) in [4.78, 5) is 14.8. The Balaban J connectivity index is 1.98. The molecule has 2 aromatic carbocycles. The molecule has 0 aliphatic rings. The summed E-state index contributed by atoms with van der Waals surface area (Å²) < 4.78 is 1.87. The van der Waals surface area contributed by atoms with E-state index in [-0.39, 0.29) is 5.91 Å². The molecule has 1 aromatic heterocycles. The lowest BCUT2D eigenvalue weighted by Crippen LogP contribution is -2.32. The summed E-state index contributed by atoms with van der Waals surface area (Å²) in [5, 5.41) is 2.14. The van der Waals surface area contributed by atoms with Crippen molar-refractivity contribution in [1.82, 2.24) is 9.47 Å². The fourth-order valence-corrected chi connectivity index (χ4v) is 3.32. The Hall–Kier alpha value is -2.23. The van der Waals surface area contributed by atoms with Crippen molar-refractivity contribution in [2.24, 2.45) is 7.05 Å². The Morgan fingerprint density at radius 3 is 2.56 bits per heavy atom. The number of carbonyl (C=O) groups is 1. The zero-order valence-electron chi connectivity index (χ0n) is 13.9. The van der Waals surface area contributed by atoms with Crippen molar-refractivity contribution < 1.29 is 4.79 Å². The van der Waals surface area contributed by atoms with Gasteiger partial charge in [0.25, 0.3) is 5.91 Å². The molecule has 1 amide bonds. The zero-order valence-corrected chi connectivity index (χ0v) is 15.4. The van der Waals surface area contributed by atoms with Crippen molar-refractivity contribution in [3.8, 4) is 0 Å². The van der Waals surface area contributed by atoms with Crippen LogP contribution in [-0.2, 0) is 13.6 Å². The van der Waals surface area contributed by atoms with Crippen LogP contribution in [0.15, 0.2) is 61.2 Å². The average molecular weight is 373 g/mol. The van der Waals surface area contributed by atoms with Crippen LogP contribution in [0.2, 0.25) is 10.0 Å². The normalized spacial score (nSPS) is 10.8. The van der Waals surface area contributed by atoms with E-state index in [2.05, 4.69) is 6.58 Å². The summed E-state index contributed by atoms with van der Waals surface area (Å²) in [6.07, 6.45) is 1.71. The van der Waals surface area contributed by atoms with Crippen molar-refractivity contribution in [2.45, 2.75) is 6.54 Å². The molecule has 0 N–H and O–H groups in total. The number of amides is 1. The molecule has 0 atom stereocenters. The van der Waals surface area contributed by atoms with Crippen molar-refractivity contribution in [3.63, 3.8) is 0 Å². The van der Waals surface area contributed by atoms with E-state index in [0.717, 1.165) is 16.5 Å². The van der Waals surface area contributed by atoms with Crippen LogP contribution in [-0.4, -0.2) is 21.9 Å². The molecule has 3 rings (SSSR count). The smallest absolute Gasteiger partial charge is 0.271 e. The van der Waals surface area contributed by atoms with Gasteiger partial charge in [-0.1, -0.05) is 53.5 Å². The van der Waals surface area contributed by atoms with Crippen LogP contribution >= 0.6 is 23.2 Å². The molecule has 25 heavy (non-hydrogen) atoms. The van der Waals surface area contributed by atoms with Crippen LogP contribution in [0.4, 0.5) is 0 Å². The molecule has 0 aliphatic carbocycles. The average Bonchev–Trinajstić information content (AvgIpc) is 2.94. The first-order valence-electron chi connectivity index (χ1n) is 7.90. The number of hydrogen-bond acceptors (Lipinski definition) is 1. The lowest BCUT2D eigenvalue weighted by Gasteiger charge is -2.22. The second kappa shape index (κ2) is 7.34. The maximum absolute atomic E-state index is 13.1. The van der Waals surface area contributed by atoms with Gasteiger partial charge in [0, 0.05) is 41.1 Å². The van der Waals surface area contributed by atoms with E-state index in [1.807, 2.05) is 60.1 Å². The molecule has 0 saturated heterocycles. The van der Waals surface area contributed by atoms with Gasteiger partial charge in [-0.3, -0.25) is 4.79 Å².